The summed E-state index contributed by atoms with van der Waals surface area (Å²) in [5.74, 6) is 0.359. The van der Waals surface area contributed by atoms with Gasteiger partial charge in [-0.25, -0.2) is 4.39 Å². The van der Waals surface area contributed by atoms with Gasteiger partial charge in [0.1, 0.15) is 17.1 Å². The molecule has 2 N–H and O–H groups in total. The Labute approximate surface area is 119 Å². The second kappa shape index (κ2) is 4.98. The third-order valence-electron chi connectivity index (χ3n) is 2.80. The second-order valence-electron chi connectivity index (χ2n) is 4.27. The standard InChI is InChI=1S/C15H10ClFN2O/c16-13-3-4-14(15-12(13)2-1-5-19-15)20-11-7-9(17)6-10(18)8-11/h1-8H,18H2. The van der Waals surface area contributed by atoms with E-state index in [-0.39, 0.29) is 0 Å². The number of anilines is 1. The molecule has 0 radical (unpaired) electrons. The van der Waals surface area contributed by atoms with Crippen LogP contribution in [0.15, 0.2) is 48.7 Å². The first-order chi connectivity index (χ1) is 9.63. The highest BCUT2D eigenvalue weighted by molar-refractivity contribution is 6.35. The van der Waals surface area contributed by atoms with Crippen LogP contribution in [0.3, 0.4) is 0 Å². The molecule has 3 rings (SSSR count). The number of nitrogen functional groups attached to an aromatic ring is 1. The lowest BCUT2D eigenvalue weighted by molar-refractivity contribution is 0.481. The average molecular weight is 289 g/mol. The highest BCUT2D eigenvalue weighted by Crippen LogP contribution is 2.33. The number of benzene rings is 2. The monoisotopic (exact) mass is 288 g/mol. The van der Waals surface area contributed by atoms with Crippen molar-refractivity contribution in [1.82, 2.24) is 4.98 Å². The number of aromatic nitrogens is 1. The molecular weight excluding hydrogens is 279 g/mol. The fourth-order valence-electron chi connectivity index (χ4n) is 1.96. The van der Waals surface area contributed by atoms with Crippen LogP contribution in [0.2, 0.25) is 5.02 Å². The Bertz CT molecular complexity index is 772. The maximum atomic E-state index is 13.3. The Kier molecular flexibility index (Phi) is 3.16. The smallest absolute Gasteiger partial charge is 0.153 e. The van der Waals surface area contributed by atoms with E-state index in [1.807, 2.05) is 6.07 Å². The molecule has 20 heavy (non-hydrogen) atoms. The van der Waals surface area contributed by atoms with E-state index in [2.05, 4.69) is 4.98 Å². The Hall–Kier alpha value is -2.33. The predicted molar refractivity (Wildman–Crippen MR) is 77.6 cm³/mol. The number of ether oxygens (including phenoxy) is 1. The molecule has 0 unspecified atom stereocenters. The van der Waals surface area contributed by atoms with Gasteiger partial charge >= 0.3 is 0 Å². The first kappa shape index (κ1) is 12.7. The molecule has 1 heterocycles. The van der Waals surface area contributed by atoms with Gasteiger partial charge in [-0.3, -0.25) is 4.98 Å². The van der Waals surface area contributed by atoms with Gasteiger partial charge in [-0.2, -0.15) is 0 Å². The van der Waals surface area contributed by atoms with Crippen molar-refractivity contribution in [3.8, 4) is 11.5 Å². The van der Waals surface area contributed by atoms with Crippen LogP contribution in [0.25, 0.3) is 10.9 Å². The van der Waals surface area contributed by atoms with E-state index in [4.69, 9.17) is 22.1 Å². The Morgan fingerprint density at radius 1 is 1.15 bits per heavy atom. The summed E-state index contributed by atoms with van der Waals surface area (Å²) in [6.45, 7) is 0. The second-order valence-corrected chi connectivity index (χ2v) is 4.67. The maximum absolute atomic E-state index is 13.3. The van der Waals surface area contributed by atoms with Crippen LogP contribution in [0, 0.1) is 5.82 Å². The molecule has 0 fully saturated rings. The summed E-state index contributed by atoms with van der Waals surface area (Å²) in [7, 11) is 0. The molecule has 0 aliphatic carbocycles. The van der Waals surface area contributed by atoms with Crippen LogP contribution in [0.5, 0.6) is 11.5 Å². The minimum Gasteiger partial charge on any atom is -0.455 e. The van der Waals surface area contributed by atoms with Crippen LogP contribution in [-0.2, 0) is 0 Å². The topological polar surface area (TPSA) is 48.1 Å². The lowest BCUT2D eigenvalue weighted by Crippen LogP contribution is -1.92. The van der Waals surface area contributed by atoms with Gasteiger partial charge in [0, 0.05) is 29.4 Å². The van der Waals surface area contributed by atoms with Crippen molar-refractivity contribution in [1.29, 1.82) is 0 Å². The third kappa shape index (κ3) is 2.38. The molecule has 3 nitrogen and oxygen atoms in total. The number of halogens is 2. The van der Waals surface area contributed by atoms with Gasteiger partial charge in [0.25, 0.3) is 0 Å². The lowest BCUT2D eigenvalue weighted by Gasteiger charge is -2.09. The van der Waals surface area contributed by atoms with Crippen molar-refractivity contribution < 1.29 is 9.13 Å². The van der Waals surface area contributed by atoms with Crippen LogP contribution in [-0.4, -0.2) is 4.98 Å². The fourth-order valence-corrected chi connectivity index (χ4v) is 2.18. The van der Waals surface area contributed by atoms with E-state index in [0.717, 1.165) is 5.39 Å². The largest absolute Gasteiger partial charge is 0.455 e. The zero-order chi connectivity index (χ0) is 14.1. The van der Waals surface area contributed by atoms with Crippen molar-refractivity contribution in [3.05, 3.63) is 59.5 Å². The molecule has 0 saturated heterocycles. The normalized spacial score (nSPS) is 10.7. The van der Waals surface area contributed by atoms with E-state index in [1.54, 1.807) is 30.5 Å². The summed E-state index contributed by atoms with van der Waals surface area (Å²) < 4.78 is 19.0. The third-order valence-corrected chi connectivity index (χ3v) is 3.13. The molecule has 0 bridgehead atoms. The highest BCUT2D eigenvalue weighted by Gasteiger charge is 2.08. The van der Waals surface area contributed by atoms with E-state index in [9.17, 15) is 4.39 Å². The van der Waals surface area contributed by atoms with Gasteiger partial charge in [0.05, 0.1) is 5.02 Å². The van der Waals surface area contributed by atoms with Crippen molar-refractivity contribution >= 4 is 28.2 Å². The number of hydrogen-bond acceptors (Lipinski definition) is 3. The molecule has 100 valence electrons. The summed E-state index contributed by atoms with van der Waals surface area (Å²) >= 11 is 6.11. The summed E-state index contributed by atoms with van der Waals surface area (Å²) in [6.07, 6.45) is 1.64. The van der Waals surface area contributed by atoms with Gasteiger partial charge in [-0.15, -0.1) is 0 Å². The van der Waals surface area contributed by atoms with E-state index < -0.39 is 5.82 Å². The summed E-state index contributed by atoms with van der Waals surface area (Å²) in [4.78, 5) is 4.25. The van der Waals surface area contributed by atoms with Crippen molar-refractivity contribution in [2.45, 2.75) is 0 Å². The van der Waals surface area contributed by atoms with Gasteiger partial charge in [-0.1, -0.05) is 11.6 Å². The number of rotatable bonds is 2. The van der Waals surface area contributed by atoms with Gasteiger partial charge in [0.2, 0.25) is 0 Å². The minimum absolute atomic E-state index is 0.297. The van der Waals surface area contributed by atoms with Crippen molar-refractivity contribution in [2.24, 2.45) is 0 Å². The van der Waals surface area contributed by atoms with E-state index in [0.29, 0.717) is 27.7 Å². The first-order valence-corrected chi connectivity index (χ1v) is 6.28. The Balaban J connectivity index is 2.09. The number of nitrogens with two attached hydrogens (primary N) is 1. The van der Waals surface area contributed by atoms with Gasteiger partial charge < -0.3 is 10.5 Å². The maximum Gasteiger partial charge on any atom is 0.153 e. The Morgan fingerprint density at radius 2 is 2.00 bits per heavy atom. The quantitative estimate of drug-likeness (QED) is 0.711. The van der Waals surface area contributed by atoms with Crippen LogP contribution in [0.4, 0.5) is 10.1 Å². The molecule has 0 saturated carbocycles. The molecule has 2 aromatic carbocycles. The van der Waals surface area contributed by atoms with Crippen molar-refractivity contribution in [2.75, 3.05) is 5.73 Å². The summed E-state index contributed by atoms with van der Waals surface area (Å²) in [6, 6.07) is 11.1. The van der Waals surface area contributed by atoms with E-state index >= 15 is 0 Å². The summed E-state index contributed by atoms with van der Waals surface area (Å²) in [5, 5.41) is 1.36. The molecule has 0 atom stereocenters. The zero-order valence-corrected chi connectivity index (χ0v) is 11.1. The molecular formula is C15H10ClFN2O. The highest BCUT2D eigenvalue weighted by atomic mass is 35.5. The average Bonchev–Trinajstić information content (AvgIpc) is 2.41. The SMILES string of the molecule is Nc1cc(F)cc(Oc2ccc(Cl)c3cccnc23)c1. The fraction of sp³-hybridized carbons (Fsp3) is 0. The van der Waals surface area contributed by atoms with Gasteiger partial charge in [-0.05, 0) is 30.3 Å². The molecule has 1 aromatic heterocycles. The van der Waals surface area contributed by atoms with Crippen LogP contribution >= 0.6 is 11.6 Å². The number of nitrogens with zero attached hydrogens (tertiary/aromatic N) is 1. The Morgan fingerprint density at radius 3 is 2.80 bits per heavy atom. The van der Waals surface area contributed by atoms with Crippen molar-refractivity contribution in [3.63, 3.8) is 0 Å². The van der Waals surface area contributed by atoms with E-state index in [1.165, 1.54) is 12.1 Å². The van der Waals surface area contributed by atoms with Crippen LogP contribution in [0.1, 0.15) is 0 Å². The molecule has 0 amide bonds. The molecule has 5 heteroatoms. The predicted octanol–water partition coefficient (Wildman–Crippen LogP) is 4.40. The van der Waals surface area contributed by atoms with Crippen LogP contribution < -0.4 is 10.5 Å². The van der Waals surface area contributed by atoms with Gasteiger partial charge in [0.15, 0.2) is 5.75 Å². The zero-order valence-electron chi connectivity index (χ0n) is 10.3. The number of hydrogen-bond donors (Lipinski definition) is 1. The molecule has 3 aromatic rings. The molecule has 0 aliphatic rings. The first-order valence-electron chi connectivity index (χ1n) is 5.90. The lowest BCUT2D eigenvalue weighted by atomic mass is 10.2. The molecule has 0 aliphatic heterocycles. The number of pyridine rings is 1. The summed E-state index contributed by atoms with van der Waals surface area (Å²) in [5.41, 5.74) is 6.50. The molecule has 0 spiro atoms. The number of fused-ring (bicyclic) bond motifs is 1. The minimum atomic E-state index is -0.453.